The van der Waals surface area contributed by atoms with Gasteiger partial charge in [-0.2, -0.15) is 0 Å². The minimum absolute atomic E-state index is 0. The molecule has 0 saturated carbocycles. The van der Waals surface area contributed by atoms with Gasteiger partial charge in [0, 0.05) is 37.4 Å². The molecule has 122 valence electrons. The van der Waals surface area contributed by atoms with E-state index in [2.05, 4.69) is 22.0 Å². The second kappa shape index (κ2) is 8.88. The van der Waals surface area contributed by atoms with Crippen LogP contribution in [0.15, 0.2) is 24.3 Å². The number of hydrogen-bond donors (Lipinski definition) is 1. The summed E-state index contributed by atoms with van der Waals surface area (Å²) in [6.45, 7) is 9.11. The number of nitrogens with one attached hydrogen (secondary N) is 1. The van der Waals surface area contributed by atoms with Gasteiger partial charge >= 0.3 is 0 Å². The van der Waals surface area contributed by atoms with E-state index in [9.17, 15) is 9.59 Å². The molecule has 1 fully saturated rings. The van der Waals surface area contributed by atoms with Gasteiger partial charge in [-0.3, -0.25) is 14.5 Å². The minimum atomic E-state index is -0.00414. The van der Waals surface area contributed by atoms with E-state index < -0.39 is 0 Å². The Morgan fingerprint density at radius 1 is 1.05 bits per heavy atom. The Hall–Kier alpha value is -1.43. The molecule has 0 aromatic heterocycles. The molecule has 1 amide bonds. The molecule has 1 heterocycles. The molecule has 1 aromatic rings. The first-order chi connectivity index (χ1) is 10.1. The summed E-state index contributed by atoms with van der Waals surface area (Å²) >= 11 is 0. The number of hydrogen-bond acceptors (Lipinski definition) is 4. The number of piperazine rings is 1. The number of carbonyl (C=O) groups excluding carboxylic acids is 2. The summed E-state index contributed by atoms with van der Waals surface area (Å²) in [5.41, 5.74) is 1.39. The second-order valence-corrected chi connectivity index (χ2v) is 5.39. The molecule has 1 aliphatic rings. The molecular formula is C16H24ClN3O2. The van der Waals surface area contributed by atoms with Crippen LogP contribution in [0.1, 0.15) is 24.2 Å². The molecule has 5 nitrogen and oxygen atoms in total. The predicted octanol–water partition coefficient (Wildman–Crippen LogP) is 1.89. The number of halogens is 1. The second-order valence-electron chi connectivity index (χ2n) is 5.39. The fourth-order valence-electron chi connectivity index (χ4n) is 2.46. The first-order valence-electron chi connectivity index (χ1n) is 7.44. The highest BCUT2D eigenvalue weighted by molar-refractivity contribution is 5.96. The maximum absolute atomic E-state index is 12.0. The van der Waals surface area contributed by atoms with Crippen molar-refractivity contribution in [3.63, 3.8) is 0 Å². The zero-order valence-electron chi connectivity index (χ0n) is 13.2. The van der Waals surface area contributed by atoms with Crippen molar-refractivity contribution in [1.29, 1.82) is 0 Å². The number of amides is 1. The Balaban J connectivity index is 0.00000242. The normalized spacial score (nSPS) is 15.9. The number of likely N-dealkylation sites (N-methyl/N-ethyl adjacent to an activating group) is 1. The van der Waals surface area contributed by atoms with Gasteiger partial charge in [-0.25, -0.2) is 0 Å². The van der Waals surface area contributed by atoms with E-state index >= 15 is 0 Å². The molecule has 0 bridgehead atoms. The number of anilines is 1. The number of ketones is 1. The van der Waals surface area contributed by atoms with Crippen LogP contribution in [0.25, 0.3) is 0 Å². The Morgan fingerprint density at radius 2 is 1.59 bits per heavy atom. The number of nitrogens with zero attached hydrogens (tertiary/aromatic N) is 2. The monoisotopic (exact) mass is 325 g/mol. The molecule has 0 radical (unpaired) electrons. The van der Waals surface area contributed by atoms with Crippen LogP contribution < -0.4 is 5.32 Å². The van der Waals surface area contributed by atoms with Gasteiger partial charge in [-0.1, -0.05) is 6.92 Å². The molecule has 1 aromatic carbocycles. The lowest BCUT2D eigenvalue weighted by Gasteiger charge is -2.33. The lowest BCUT2D eigenvalue weighted by atomic mass is 10.1. The van der Waals surface area contributed by atoms with E-state index in [0.717, 1.165) is 38.4 Å². The fourth-order valence-corrected chi connectivity index (χ4v) is 2.46. The zero-order chi connectivity index (χ0) is 15.2. The van der Waals surface area contributed by atoms with E-state index in [-0.39, 0.29) is 24.1 Å². The smallest absolute Gasteiger partial charge is 0.238 e. The summed E-state index contributed by atoms with van der Waals surface area (Å²) in [4.78, 5) is 27.8. The molecule has 0 atom stereocenters. The van der Waals surface area contributed by atoms with E-state index in [1.165, 1.54) is 6.92 Å². The van der Waals surface area contributed by atoms with Crippen molar-refractivity contribution in [2.45, 2.75) is 13.8 Å². The van der Waals surface area contributed by atoms with Crippen molar-refractivity contribution < 1.29 is 9.59 Å². The third kappa shape index (κ3) is 5.40. The van der Waals surface area contributed by atoms with E-state index in [1.54, 1.807) is 24.3 Å². The van der Waals surface area contributed by atoms with Crippen molar-refractivity contribution in [1.82, 2.24) is 9.80 Å². The molecular weight excluding hydrogens is 302 g/mol. The first-order valence-corrected chi connectivity index (χ1v) is 7.44. The van der Waals surface area contributed by atoms with Gasteiger partial charge in [0.2, 0.25) is 5.91 Å². The molecule has 0 aliphatic carbocycles. The van der Waals surface area contributed by atoms with Crippen LogP contribution in [0.4, 0.5) is 5.69 Å². The van der Waals surface area contributed by atoms with Crippen molar-refractivity contribution in [3.8, 4) is 0 Å². The standard InChI is InChI=1S/C16H23N3O2.ClH/c1-3-18-8-10-19(11-9-18)12-16(21)17-15-6-4-14(5-7-15)13(2)20;/h4-7H,3,8-12H2,1-2H3,(H,17,21);1H. The van der Waals surface area contributed by atoms with Gasteiger partial charge in [0.05, 0.1) is 6.54 Å². The lowest BCUT2D eigenvalue weighted by molar-refractivity contribution is -0.117. The molecule has 1 aliphatic heterocycles. The molecule has 1 saturated heterocycles. The van der Waals surface area contributed by atoms with Crippen LogP contribution >= 0.6 is 12.4 Å². The quantitative estimate of drug-likeness (QED) is 0.840. The van der Waals surface area contributed by atoms with Crippen molar-refractivity contribution in [3.05, 3.63) is 29.8 Å². The average molecular weight is 326 g/mol. The number of Topliss-reactive ketones (excluding diaryl/α,β-unsaturated/α-hetero) is 1. The van der Waals surface area contributed by atoms with Crippen LogP contribution in [0, 0.1) is 0 Å². The summed E-state index contributed by atoms with van der Waals surface area (Å²) in [7, 11) is 0. The van der Waals surface area contributed by atoms with Crippen molar-refractivity contribution >= 4 is 29.8 Å². The Labute approximate surface area is 138 Å². The molecule has 22 heavy (non-hydrogen) atoms. The Bertz CT molecular complexity index is 497. The molecule has 1 N–H and O–H groups in total. The highest BCUT2D eigenvalue weighted by atomic mass is 35.5. The summed E-state index contributed by atoms with van der Waals surface area (Å²) in [5.74, 6) is 0.0252. The van der Waals surface area contributed by atoms with Gasteiger partial charge in [0.15, 0.2) is 5.78 Å². The topological polar surface area (TPSA) is 52.6 Å². The van der Waals surface area contributed by atoms with Gasteiger partial charge in [-0.05, 0) is 37.7 Å². The lowest BCUT2D eigenvalue weighted by Crippen LogP contribution is -2.48. The Kier molecular flexibility index (Phi) is 7.51. The summed E-state index contributed by atoms with van der Waals surface area (Å²) in [6, 6.07) is 7.00. The van der Waals surface area contributed by atoms with Gasteiger partial charge in [-0.15, -0.1) is 12.4 Å². The zero-order valence-corrected chi connectivity index (χ0v) is 14.0. The number of rotatable bonds is 5. The van der Waals surface area contributed by atoms with Crippen LogP contribution in [0.3, 0.4) is 0 Å². The number of benzene rings is 1. The Morgan fingerprint density at radius 3 is 2.09 bits per heavy atom. The van der Waals surface area contributed by atoms with Gasteiger partial charge < -0.3 is 10.2 Å². The minimum Gasteiger partial charge on any atom is -0.325 e. The summed E-state index contributed by atoms with van der Waals surface area (Å²) in [6.07, 6.45) is 0. The maximum atomic E-state index is 12.0. The summed E-state index contributed by atoms with van der Waals surface area (Å²) < 4.78 is 0. The van der Waals surface area contributed by atoms with E-state index in [4.69, 9.17) is 0 Å². The van der Waals surface area contributed by atoms with Crippen LogP contribution in [-0.4, -0.2) is 60.8 Å². The van der Waals surface area contributed by atoms with Crippen LogP contribution in [0.5, 0.6) is 0 Å². The third-order valence-corrected chi connectivity index (χ3v) is 3.85. The van der Waals surface area contributed by atoms with Crippen molar-refractivity contribution in [2.24, 2.45) is 0 Å². The summed E-state index contributed by atoms with van der Waals surface area (Å²) in [5, 5.41) is 2.88. The first kappa shape index (κ1) is 18.6. The van der Waals surface area contributed by atoms with Crippen LogP contribution in [0.2, 0.25) is 0 Å². The highest BCUT2D eigenvalue weighted by Crippen LogP contribution is 2.10. The molecule has 6 heteroatoms. The van der Waals surface area contributed by atoms with E-state index in [1.807, 2.05) is 0 Å². The fraction of sp³-hybridized carbons (Fsp3) is 0.500. The van der Waals surface area contributed by atoms with Gasteiger partial charge in [0.25, 0.3) is 0 Å². The molecule has 0 spiro atoms. The predicted molar refractivity (Wildman–Crippen MR) is 90.9 cm³/mol. The number of carbonyl (C=O) groups is 2. The van der Waals surface area contributed by atoms with Gasteiger partial charge in [0.1, 0.15) is 0 Å². The highest BCUT2D eigenvalue weighted by Gasteiger charge is 2.17. The van der Waals surface area contributed by atoms with E-state index in [0.29, 0.717) is 12.1 Å². The van der Waals surface area contributed by atoms with Crippen molar-refractivity contribution in [2.75, 3.05) is 44.6 Å². The maximum Gasteiger partial charge on any atom is 0.238 e. The SMILES string of the molecule is CCN1CCN(CC(=O)Nc2ccc(C(C)=O)cc2)CC1.Cl. The molecule has 0 unspecified atom stereocenters. The largest absolute Gasteiger partial charge is 0.325 e. The van der Waals surface area contributed by atoms with Crippen LogP contribution in [-0.2, 0) is 4.79 Å². The average Bonchev–Trinajstić information content (AvgIpc) is 2.48. The molecule has 2 rings (SSSR count). The third-order valence-electron chi connectivity index (χ3n) is 3.85.